The van der Waals surface area contributed by atoms with Crippen molar-refractivity contribution in [1.29, 1.82) is 0 Å². The molecule has 0 aromatic heterocycles. The summed E-state index contributed by atoms with van der Waals surface area (Å²) in [6.07, 6.45) is -0.146. The lowest BCUT2D eigenvalue weighted by atomic mass is 10.3. The molecule has 0 aliphatic rings. The fourth-order valence-electron chi connectivity index (χ4n) is 1.21. The van der Waals surface area contributed by atoms with Gasteiger partial charge in [-0.25, -0.2) is 4.79 Å². The predicted octanol–water partition coefficient (Wildman–Crippen LogP) is 3.55. The Balaban J connectivity index is 2.68. The van der Waals surface area contributed by atoms with Crippen LogP contribution in [-0.4, -0.2) is 25.8 Å². The van der Waals surface area contributed by atoms with Gasteiger partial charge in [-0.3, -0.25) is 0 Å². The number of hydrogen-bond acceptors (Lipinski definition) is 4. The Hall–Kier alpha value is -0.750. The van der Waals surface area contributed by atoms with E-state index in [1.165, 1.54) is 0 Å². The number of ether oxygens (including phenoxy) is 3. The molecule has 0 saturated heterocycles. The van der Waals surface area contributed by atoms with Gasteiger partial charge in [0.2, 0.25) is 0 Å². The number of halogens is 2. The van der Waals surface area contributed by atoms with Gasteiger partial charge in [-0.15, -0.1) is 0 Å². The van der Waals surface area contributed by atoms with E-state index in [9.17, 15) is 4.79 Å². The smallest absolute Gasteiger partial charge is 0.344 e. The number of benzene rings is 1. The van der Waals surface area contributed by atoms with E-state index in [1.807, 2.05) is 0 Å². The van der Waals surface area contributed by atoms with Crippen LogP contribution in [0, 0.1) is 0 Å². The molecule has 0 heterocycles. The zero-order valence-electron chi connectivity index (χ0n) is 10.3. The van der Waals surface area contributed by atoms with Crippen molar-refractivity contribution in [2.45, 2.75) is 20.0 Å². The van der Waals surface area contributed by atoms with Gasteiger partial charge < -0.3 is 14.2 Å². The molecule has 0 amide bonds. The topological polar surface area (TPSA) is 44.8 Å². The first kappa shape index (κ1) is 15.3. The monoisotopic (exact) mass is 380 g/mol. The zero-order valence-corrected chi connectivity index (χ0v) is 13.5. The Morgan fingerprint density at radius 2 is 1.78 bits per heavy atom. The molecule has 1 aromatic carbocycles. The van der Waals surface area contributed by atoms with E-state index in [0.29, 0.717) is 16.0 Å². The van der Waals surface area contributed by atoms with Gasteiger partial charge in [0.1, 0.15) is 11.5 Å². The molecule has 1 rings (SSSR count). The maximum absolute atomic E-state index is 11.3. The van der Waals surface area contributed by atoms with E-state index in [2.05, 4.69) is 31.9 Å². The third-order valence-corrected chi connectivity index (χ3v) is 3.16. The van der Waals surface area contributed by atoms with Crippen molar-refractivity contribution in [3.05, 3.63) is 21.1 Å². The molecule has 0 spiro atoms. The molecule has 0 fully saturated rings. The Kier molecular flexibility index (Phi) is 5.95. The van der Waals surface area contributed by atoms with Crippen LogP contribution in [0.2, 0.25) is 0 Å². The van der Waals surface area contributed by atoms with E-state index in [-0.39, 0.29) is 12.7 Å². The maximum Gasteiger partial charge on any atom is 0.344 e. The number of hydrogen-bond donors (Lipinski definition) is 0. The first-order chi connectivity index (χ1) is 8.43. The lowest BCUT2D eigenvalue weighted by Gasteiger charge is -2.12. The molecule has 1 aromatic rings. The molecular formula is C12H14Br2O4. The van der Waals surface area contributed by atoms with Crippen LogP contribution in [0.25, 0.3) is 0 Å². The first-order valence-electron chi connectivity index (χ1n) is 5.29. The molecule has 0 N–H and O–H groups in total. The summed E-state index contributed by atoms with van der Waals surface area (Å²) in [6.45, 7) is 3.45. The van der Waals surface area contributed by atoms with Crippen molar-refractivity contribution in [2.24, 2.45) is 0 Å². The maximum atomic E-state index is 11.3. The van der Waals surface area contributed by atoms with Crippen molar-refractivity contribution in [2.75, 3.05) is 13.7 Å². The average molecular weight is 382 g/mol. The Morgan fingerprint density at radius 1 is 1.22 bits per heavy atom. The minimum atomic E-state index is -0.399. The highest BCUT2D eigenvalue weighted by atomic mass is 79.9. The van der Waals surface area contributed by atoms with Gasteiger partial charge >= 0.3 is 5.97 Å². The molecule has 100 valence electrons. The van der Waals surface area contributed by atoms with Crippen molar-refractivity contribution < 1.29 is 19.0 Å². The second kappa shape index (κ2) is 6.99. The van der Waals surface area contributed by atoms with E-state index in [4.69, 9.17) is 14.2 Å². The lowest BCUT2D eigenvalue weighted by molar-refractivity contribution is -0.149. The lowest BCUT2D eigenvalue weighted by Crippen LogP contribution is -2.18. The van der Waals surface area contributed by atoms with Crippen molar-refractivity contribution >= 4 is 37.8 Å². The van der Waals surface area contributed by atoms with Crippen LogP contribution in [0.3, 0.4) is 0 Å². The number of esters is 1. The van der Waals surface area contributed by atoms with Crippen LogP contribution in [0.15, 0.2) is 21.1 Å². The van der Waals surface area contributed by atoms with E-state index >= 15 is 0 Å². The fourth-order valence-corrected chi connectivity index (χ4v) is 2.13. The normalized spacial score (nSPS) is 10.3. The van der Waals surface area contributed by atoms with Gasteiger partial charge in [0.05, 0.1) is 22.2 Å². The summed E-state index contributed by atoms with van der Waals surface area (Å²) in [5, 5.41) is 0. The molecule has 4 nitrogen and oxygen atoms in total. The summed E-state index contributed by atoms with van der Waals surface area (Å²) in [5.74, 6) is 0.825. The SMILES string of the molecule is COc1cc(Br)c(OCC(=O)OC(C)C)cc1Br. The molecule has 0 atom stereocenters. The van der Waals surface area contributed by atoms with Gasteiger partial charge in [-0.1, -0.05) is 0 Å². The van der Waals surface area contributed by atoms with Crippen LogP contribution in [-0.2, 0) is 9.53 Å². The van der Waals surface area contributed by atoms with Crippen LogP contribution in [0.5, 0.6) is 11.5 Å². The number of carbonyl (C=O) groups is 1. The van der Waals surface area contributed by atoms with Gasteiger partial charge in [0.25, 0.3) is 0 Å². The second-order valence-corrected chi connectivity index (χ2v) is 5.45. The van der Waals surface area contributed by atoms with E-state index < -0.39 is 5.97 Å². The average Bonchev–Trinajstić information content (AvgIpc) is 2.28. The quantitative estimate of drug-likeness (QED) is 0.731. The minimum Gasteiger partial charge on any atom is -0.496 e. The van der Waals surface area contributed by atoms with Crippen LogP contribution >= 0.6 is 31.9 Å². The summed E-state index contributed by atoms with van der Waals surface area (Å²) < 4.78 is 16.9. The van der Waals surface area contributed by atoms with E-state index in [0.717, 1.165) is 4.47 Å². The highest BCUT2D eigenvalue weighted by Gasteiger charge is 2.11. The largest absolute Gasteiger partial charge is 0.496 e. The van der Waals surface area contributed by atoms with Gasteiger partial charge in [-0.05, 0) is 57.8 Å². The molecule has 0 bridgehead atoms. The molecule has 0 aliphatic heterocycles. The number of carbonyl (C=O) groups excluding carboxylic acids is 1. The molecule has 0 unspecified atom stereocenters. The molecule has 0 radical (unpaired) electrons. The molecule has 6 heteroatoms. The third kappa shape index (κ3) is 4.49. The summed E-state index contributed by atoms with van der Waals surface area (Å²) in [6, 6.07) is 3.48. The van der Waals surface area contributed by atoms with Gasteiger partial charge in [0, 0.05) is 0 Å². The Morgan fingerprint density at radius 3 is 2.33 bits per heavy atom. The fraction of sp³-hybridized carbons (Fsp3) is 0.417. The van der Waals surface area contributed by atoms with Crippen molar-refractivity contribution in [3.8, 4) is 11.5 Å². The van der Waals surface area contributed by atoms with Crippen LogP contribution in [0.1, 0.15) is 13.8 Å². The molecular weight excluding hydrogens is 368 g/mol. The zero-order chi connectivity index (χ0) is 13.7. The first-order valence-corrected chi connectivity index (χ1v) is 6.88. The highest BCUT2D eigenvalue weighted by Crippen LogP contribution is 2.35. The molecule has 0 aliphatic carbocycles. The summed E-state index contributed by atoms with van der Waals surface area (Å²) in [4.78, 5) is 11.3. The summed E-state index contributed by atoms with van der Waals surface area (Å²) in [7, 11) is 1.58. The highest BCUT2D eigenvalue weighted by molar-refractivity contribution is 9.11. The third-order valence-electron chi connectivity index (χ3n) is 1.92. The van der Waals surface area contributed by atoms with Crippen LogP contribution < -0.4 is 9.47 Å². The minimum absolute atomic E-state index is 0.129. The van der Waals surface area contributed by atoms with Crippen molar-refractivity contribution in [1.82, 2.24) is 0 Å². The summed E-state index contributed by atoms with van der Waals surface area (Å²) in [5.41, 5.74) is 0. The predicted molar refractivity (Wildman–Crippen MR) is 75.1 cm³/mol. The van der Waals surface area contributed by atoms with E-state index in [1.54, 1.807) is 33.1 Å². The van der Waals surface area contributed by atoms with Crippen molar-refractivity contribution in [3.63, 3.8) is 0 Å². The standard InChI is InChI=1S/C12H14Br2O4/c1-7(2)18-12(15)6-17-11-5-8(13)10(16-3)4-9(11)14/h4-5,7H,6H2,1-3H3. The molecule has 18 heavy (non-hydrogen) atoms. The summed E-state index contributed by atoms with van der Waals surface area (Å²) >= 11 is 6.69. The number of methoxy groups -OCH3 is 1. The Labute approximate surface area is 123 Å². The van der Waals surface area contributed by atoms with Crippen LogP contribution in [0.4, 0.5) is 0 Å². The Bertz CT molecular complexity index is 432. The number of rotatable bonds is 5. The second-order valence-electron chi connectivity index (χ2n) is 3.74. The van der Waals surface area contributed by atoms with Gasteiger partial charge in [-0.2, -0.15) is 0 Å². The molecule has 0 saturated carbocycles. The van der Waals surface area contributed by atoms with Gasteiger partial charge in [0.15, 0.2) is 6.61 Å².